The summed E-state index contributed by atoms with van der Waals surface area (Å²) in [5.74, 6) is 1.63. The zero-order valence-corrected chi connectivity index (χ0v) is 21.9. The fraction of sp³-hybridized carbons (Fsp3) is 0.458. The number of hydrogen-bond acceptors (Lipinski definition) is 5. The van der Waals surface area contributed by atoms with E-state index in [0.29, 0.717) is 13.1 Å². The number of rotatable bonds is 7. The van der Waals surface area contributed by atoms with E-state index < -0.39 is 0 Å². The number of nitrogens with zero attached hydrogens (tertiary/aromatic N) is 6. The maximum atomic E-state index is 4.75. The number of nitrogens with one attached hydrogen (secondary N) is 2. The van der Waals surface area contributed by atoms with Crippen molar-refractivity contribution in [1.29, 1.82) is 0 Å². The number of aromatic nitrogens is 3. The predicted molar refractivity (Wildman–Crippen MR) is 144 cm³/mol. The number of benzene rings is 1. The number of hydrogen-bond donors (Lipinski definition) is 2. The highest BCUT2D eigenvalue weighted by Crippen LogP contribution is 2.11. The third-order valence-electron chi connectivity index (χ3n) is 5.80. The van der Waals surface area contributed by atoms with Gasteiger partial charge < -0.3 is 15.5 Å². The largest absolute Gasteiger partial charge is 0.357 e. The van der Waals surface area contributed by atoms with Crippen molar-refractivity contribution in [1.82, 2.24) is 35.0 Å². The second-order valence-corrected chi connectivity index (χ2v) is 8.34. The predicted octanol–water partition coefficient (Wildman–Crippen LogP) is 2.74. The van der Waals surface area contributed by atoms with Gasteiger partial charge >= 0.3 is 0 Å². The fourth-order valence-corrected chi connectivity index (χ4v) is 3.95. The molecule has 1 aliphatic heterocycles. The number of aliphatic imine (C=N–C) groups is 1. The van der Waals surface area contributed by atoms with Crippen molar-refractivity contribution < 1.29 is 0 Å². The lowest BCUT2D eigenvalue weighted by Gasteiger charge is -2.20. The molecule has 0 spiro atoms. The smallest absolute Gasteiger partial charge is 0.191 e. The Hall–Kier alpha value is -2.24. The molecule has 178 valence electrons. The summed E-state index contributed by atoms with van der Waals surface area (Å²) < 4.78 is 1.98. The summed E-state index contributed by atoms with van der Waals surface area (Å²) in [6.07, 6.45) is 3.22. The van der Waals surface area contributed by atoms with E-state index in [9.17, 15) is 0 Å². The first-order valence-corrected chi connectivity index (χ1v) is 11.5. The van der Waals surface area contributed by atoms with E-state index in [1.807, 2.05) is 28.8 Å². The average Bonchev–Trinajstić information content (AvgIpc) is 3.12. The minimum absolute atomic E-state index is 0. The molecule has 9 heteroatoms. The first kappa shape index (κ1) is 25.4. The van der Waals surface area contributed by atoms with Gasteiger partial charge in [-0.25, -0.2) is 4.99 Å². The van der Waals surface area contributed by atoms with Gasteiger partial charge in [0.05, 0.1) is 13.1 Å². The molecule has 0 radical (unpaired) electrons. The number of likely N-dealkylation sites (N-methyl/N-ethyl adjacent to an activating group) is 1. The van der Waals surface area contributed by atoms with Crippen molar-refractivity contribution in [2.75, 3.05) is 39.8 Å². The topological polar surface area (TPSA) is 73.1 Å². The third-order valence-corrected chi connectivity index (χ3v) is 5.80. The van der Waals surface area contributed by atoms with E-state index in [4.69, 9.17) is 4.99 Å². The molecule has 3 aromatic rings. The highest BCUT2D eigenvalue weighted by atomic mass is 127. The molecule has 2 N–H and O–H groups in total. The number of guanidine groups is 1. The number of pyridine rings is 1. The van der Waals surface area contributed by atoms with Crippen LogP contribution in [0.2, 0.25) is 0 Å². The lowest BCUT2D eigenvalue weighted by atomic mass is 10.1. The monoisotopic (exact) mass is 562 g/mol. The molecule has 0 atom stereocenters. The van der Waals surface area contributed by atoms with Gasteiger partial charge in [-0.3, -0.25) is 9.30 Å². The summed E-state index contributed by atoms with van der Waals surface area (Å²) in [4.78, 5) is 9.72. The molecular formula is C24H35IN8. The summed E-state index contributed by atoms with van der Waals surface area (Å²) in [6.45, 7) is 9.74. The zero-order valence-electron chi connectivity index (χ0n) is 19.6. The lowest BCUT2D eigenvalue weighted by molar-refractivity contribution is 0.269. The SMILES string of the molecule is CCNC(=NCc1ccc(CN2CCCN(C)CC2)cc1)NCc1nnc2ccccn12.I. The summed E-state index contributed by atoms with van der Waals surface area (Å²) in [7, 11) is 2.21. The van der Waals surface area contributed by atoms with Crippen molar-refractivity contribution in [2.24, 2.45) is 4.99 Å². The average molecular weight is 563 g/mol. The Morgan fingerprint density at radius 2 is 1.79 bits per heavy atom. The quantitative estimate of drug-likeness (QED) is 0.262. The van der Waals surface area contributed by atoms with Gasteiger partial charge in [-0.2, -0.15) is 0 Å². The molecule has 2 aromatic heterocycles. The standard InChI is InChI=1S/C24H34N8.HI/c1-3-25-24(27-18-23-29-28-22-7-4-5-14-32(22)23)26-17-20-8-10-21(11-9-20)19-31-13-6-12-30(2)15-16-31;/h4-5,7-11,14H,3,6,12-13,15-19H2,1-2H3,(H2,25,26,27);1H. The second-order valence-electron chi connectivity index (χ2n) is 8.34. The van der Waals surface area contributed by atoms with Gasteiger partial charge in [0.25, 0.3) is 0 Å². The molecule has 0 amide bonds. The zero-order chi connectivity index (χ0) is 22.2. The van der Waals surface area contributed by atoms with E-state index in [0.717, 1.165) is 43.6 Å². The molecule has 0 unspecified atom stereocenters. The Morgan fingerprint density at radius 1 is 0.970 bits per heavy atom. The maximum absolute atomic E-state index is 4.75. The molecule has 0 bridgehead atoms. The van der Waals surface area contributed by atoms with E-state index >= 15 is 0 Å². The van der Waals surface area contributed by atoms with Crippen LogP contribution in [0.25, 0.3) is 5.65 Å². The molecule has 0 aliphatic carbocycles. The Balaban J connectivity index is 0.00000306. The van der Waals surface area contributed by atoms with Crippen LogP contribution in [0.15, 0.2) is 53.7 Å². The van der Waals surface area contributed by atoms with Crippen LogP contribution in [0.3, 0.4) is 0 Å². The van der Waals surface area contributed by atoms with Crippen molar-refractivity contribution in [3.63, 3.8) is 0 Å². The van der Waals surface area contributed by atoms with Crippen LogP contribution in [0.1, 0.15) is 30.3 Å². The first-order chi connectivity index (χ1) is 15.7. The van der Waals surface area contributed by atoms with Crippen molar-refractivity contribution >= 4 is 35.6 Å². The van der Waals surface area contributed by atoms with Gasteiger partial charge in [0, 0.05) is 32.4 Å². The Labute approximate surface area is 213 Å². The van der Waals surface area contributed by atoms with E-state index in [-0.39, 0.29) is 24.0 Å². The van der Waals surface area contributed by atoms with Crippen LogP contribution in [0.4, 0.5) is 0 Å². The summed E-state index contributed by atoms with van der Waals surface area (Å²) >= 11 is 0. The molecule has 8 nitrogen and oxygen atoms in total. The Morgan fingerprint density at radius 3 is 2.61 bits per heavy atom. The van der Waals surface area contributed by atoms with Gasteiger partial charge in [-0.05, 0) is 56.7 Å². The van der Waals surface area contributed by atoms with Crippen LogP contribution < -0.4 is 10.6 Å². The maximum Gasteiger partial charge on any atom is 0.191 e. The normalized spacial score (nSPS) is 15.8. The molecule has 33 heavy (non-hydrogen) atoms. The molecule has 1 aromatic carbocycles. The summed E-state index contributed by atoms with van der Waals surface area (Å²) in [5, 5.41) is 15.2. The fourth-order valence-electron chi connectivity index (χ4n) is 3.95. The molecular weight excluding hydrogens is 527 g/mol. The van der Waals surface area contributed by atoms with E-state index in [1.54, 1.807) is 0 Å². The first-order valence-electron chi connectivity index (χ1n) is 11.5. The second kappa shape index (κ2) is 12.9. The van der Waals surface area contributed by atoms with Gasteiger partial charge in [0.1, 0.15) is 0 Å². The minimum atomic E-state index is 0. The number of fused-ring (bicyclic) bond motifs is 1. The molecule has 1 saturated heterocycles. The molecule has 1 fully saturated rings. The molecule has 1 aliphatic rings. The van der Waals surface area contributed by atoms with Crippen LogP contribution in [0.5, 0.6) is 0 Å². The van der Waals surface area contributed by atoms with Crippen LogP contribution in [-0.2, 0) is 19.6 Å². The van der Waals surface area contributed by atoms with Gasteiger partial charge in [-0.15, -0.1) is 34.2 Å². The van der Waals surface area contributed by atoms with Gasteiger partial charge in [0.2, 0.25) is 0 Å². The van der Waals surface area contributed by atoms with Crippen LogP contribution in [0, 0.1) is 0 Å². The lowest BCUT2D eigenvalue weighted by Crippen LogP contribution is -2.37. The van der Waals surface area contributed by atoms with Gasteiger partial charge in [0.15, 0.2) is 17.4 Å². The van der Waals surface area contributed by atoms with E-state index in [2.05, 4.69) is 68.9 Å². The van der Waals surface area contributed by atoms with Crippen molar-refractivity contribution in [2.45, 2.75) is 33.0 Å². The van der Waals surface area contributed by atoms with E-state index in [1.165, 1.54) is 30.6 Å². The molecule has 3 heterocycles. The summed E-state index contributed by atoms with van der Waals surface area (Å²) in [6, 6.07) is 14.8. The molecule has 4 rings (SSSR count). The summed E-state index contributed by atoms with van der Waals surface area (Å²) in [5.41, 5.74) is 3.42. The van der Waals surface area contributed by atoms with Crippen LogP contribution in [-0.4, -0.2) is 70.1 Å². The third kappa shape index (κ3) is 7.38. The van der Waals surface area contributed by atoms with Gasteiger partial charge in [-0.1, -0.05) is 30.3 Å². The van der Waals surface area contributed by atoms with Crippen molar-refractivity contribution in [3.8, 4) is 0 Å². The number of halogens is 1. The van der Waals surface area contributed by atoms with Crippen molar-refractivity contribution in [3.05, 3.63) is 65.6 Å². The molecule has 0 saturated carbocycles. The highest BCUT2D eigenvalue weighted by Gasteiger charge is 2.12. The van der Waals surface area contributed by atoms with Crippen LogP contribution >= 0.6 is 24.0 Å². The Kier molecular flexibility index (Phi) is 9.89. The Bertz CT molecular complexity index is 1020. The minimum Gasteiger partial charge on any atom is -0.357 e. The highest BCUT2D eigenvalue weighted by molar-refractivity contribution is 14.0.